The second-order valence-electron chi connectivity index (χ2n) is 3.92. The molecule has 0 unspecified atom stereocenters. The Kier molecular flexibility index (Phi) is 4.44. The Morgan fingerprint density at radius 2 is 2.21 bits per heavy atom. The number of rotatable bonds is 3. The van der Waals surface area contributed by atoms with Crippen LogP contribution in [0.25, 0.3) is 0 Å². The quantitative estimate of drug-likeness (QED) is 0.631. The van der Waals surface area contributed by atoms with Crippen molar-refractivity contribution in [2.45, 2.75) is 33.1 Å². The molecule has 1 aliphatic rings. The third-order valence-electron chi connectivity index (χ3n) is 2.32. The predicted octanol–water partition coefficient (Wildman–Crippen LogP) is 2.52. The van der Waals surface area contributed by atoms with Crippen LogP contribution in [-0.4, -0.2) is 23.9 Å². The Hall–Kier alpha value is -1.05. The smallest absolute Gasteiger partial charge is 0.223 e. The van der Waals surface area contributed by atoms with Crippen LogP contribution in [0.2, 0.25) is 0 Å². The molecule has 0 saturated carbocycles. The summed E-state index contributed by atoms with van der Waals surface area (Å²) in [5.74, 6) is 0.284. The molecule has 1 amide bonds. The number of carbonyl (C=O) groups excluding carboxylic acids is 1. The first-order valence-corrected chi connectivity index (χ1v) is 5.26. The van der Waals surface area contributed by atoms with E-state index in [-0.39, 0.29) is 5.91 Å². The van der Waals surface area contributed by atoms with Gasteiger partial charge in [0.15, 0.2) is 0 Å². The molecule has 1 aliphatic heterocycles. The summed E-state index contributed by atoms with van der Waals surface area (Å²) in [4.78, 5) is 13.6. The van der Waals surface area contributed by atoms with Crippen molar-refractivity contribution < 1.29 is 4.79 Å². The average molecular weight is 193 g/mol. The highest BCUT2D eigenvalue weighted by atomic mass is 16.2. The number of carbonyl (C=O) groups is 1. The van der Waals surface area contributed by atoms with E-state index in [0.29, 0.717) is 6.42 Å². The van der Waals surface area contributed by atoms with Crippen LogP contribution < -0.4 is 0 Å². The van der Waals surface area contributed by atoms with Crippen molar-refractivity contribution in [1.29, 1.82) is 0 Å². The summed E-state index contributed by atoms with van der Waals surface area (Å²) < 4.78 is 0. The zero-order valence-electron chi connectivity index (χ0n) is 9.12. The van der Waals surface area contributed by atoms with Crippen molar-refractivity contribution in [2.75, 3.05) is 13.1 Å². The lowest BCUT2D eigenvalue weighted by atomic mass is 10.2. The van der Waals surface area contributed by atoms with Gasteiger partial charge in [0.2, 0.25) is 5.91 Å². The Morgan fingerprint density at radius 1 is 1.43 bits per heavy atom. The van der Waals surface area contributed by atoms with Gasteiger partial charge in [-0.3, -0.25) is 4.79 Å². The maximum Gasteiger partial charge on any atom is 0.223 e. The highest BCUT2D eigenvalue weighted by molar-refractivity contribution is 5.76. The zero-order valence-corrected chi connectivity index (χ0v) is 9.12. The Bertz CT molecular complexity index is 249. The summed E-state index contributed by atoms with van der Waals surface area (Å²) in [6, 6.07) is 0. The fraction of sp³-hybridized carbons (Fsp3) is 0.583. The second-order valence-corrected chi connectivity index (χ2v) is 3.92. The summed E-state index contributed by atoms with van der Waals surface area (Å²) in [5, 5.41) is 0. The first-order valence-electron chi connectivity index (χ1n) is 5.26. The fourth-order valence-corrected chi connectivity index (χ4v) is 1.51. The molecule has 14 heavy (non-hydrogen) atoms. The Morgan fingerprint density at radius 3 is 2.79 bits per heavy atom. The Labute approximate surface area is 86.3 Å². The van der Waals surface area contributed by atoms with Crippen LogP contribution in [0, 0.1) is 0 Å². The van der Waals surface area contributed by atoms with Crippen molar-refractivity contribution in [1.82, 2.24) is 4.90 Å². The van der Waals surface area contributed by atoms with Crippen LogP contribution in [0.4, 0.5) is 0 Å². The summed E-state index contributed by atoms with van der Waals surface area (Å²) in [7, 11) is 0. The molecule has 0 aromatic carbocycles. The third kappa shape index (κ3) is 3.77. The molecule has 0 atom stereocenters. The largest absolute Gasteiger partial charge is 0.339 e. The number of hydrogen-bond acceptors (Lipinski definition) is 1. The van der Waals surface area contributed by atoms with Crippen molar-refractivity contribution in [3.63, 3.8) is 0 Å². The van der Waals surface area contributed by atoms with Gasteiger partial charge in [-0.25, -0.2) is 0 Å². The van der Waals surface area contributed by atoms with Gasteiger partial charge in [0, 0.05) is 19.5 Å². The van der Waals surface area contributed by atoms with E-state index in [2.05, 4.69) is 32.1 Å². The fourth-order valence-electron chi connectivity index (χ4n) is 1.51. The van der Waals surface area contributed by atoms with Crippen molar-refractivity contribution >= 4 is 5.91 Å². The van der Waals surface area contributed by atoms with Gasteiger partial charge in [0.1, 0.15) is 0 Å². The first-order chi connectivity index (χ1) is 6.70. The minimum absolute atomic E-state index is 0.284. The van der Waals surface area contributed by atoms with Gasteiger partial charge in [-0.15, -0.1) is 0 Å². The molecule has 78 valence electrons. The Balaban J connectivity index is 2.27. The van der Waals surface area contributed by atoms with E-state index in [1.807, 2.05) is 4.90 Å². The topological polar surface area (TPSA) is 20.3 Å². The maximum absolute atomic E-state index is 11.6. The molecule has 2 nitrogen and oxygen atoms in total. The van der Waals surface area contributed by atoms with Gasteiger partial charge < -0.3 is 4.90 Å². The van der Waals surface area contributed by atoms with E-state index in [1.54, 1.807) is 0 Å². The number of allylic oxidation sites excluding steroid dienone is 2. The molecule has 0 fully saturated rings. The predicted molar refractivity (Wildman–Crippen MR) is 59.0 cm³/mol. The van der Waals surface area contributed by atoms with Gasteiger partial charge in [-0.1, -0.05) is 23.8 Å². The van der Waals surface area contributed by atoms with Crippen LogP contribution in [-0.2, 0) is 4.79 Å². The molecular formula is C12H19NO. The zero-order chi connectivity index (χ0) is 10.4. The second kappa shape index (κ2) is 5.63. The minimum atomic E-state index is 0.284. The summed E-state index contributed by atoms with van der Waals surface area (Å²) in [5.41, 5.74) is 1.29. The first kappa shape index (κ1) is 11.0. The molecule has 0 aromatic heterocycles. The molecule has 0 N–H and O–H groups in total. The third-order valence-corrected chi connectivity index (χ3v) is 2.32. The highest BCUT2D eigenvalue weighted by Crippen LogP contribution is 2.06. The van der Waals surface area contributed by atoms with E-state index in [9.17, 15) is 4.79 Å². The normalized spacial score (nSPS) is 15.4. The van der Waals surface area contributed by atoms with Crippen molar-refractivity contribution in [3.8, 4) is 0 Å². The van der Waals surface area contributed by atoms with E-state index in [0.717, 1.165) is 25.9 Å². The molecule has 0 aromatic rings. The lowest BCUT2D eigenvalue weighted by Crippen LogP contribution is -2.33. The van der Waals surface area contributed by atoms with E-state index >= 15 is 0 Å². The average Bonchev–Trinajstić information content (AvgIpc) is 2.18. The molecular weight excluding hydrogens is 174 g/mol. The highest BCUT2D eigenvalue weighted by Gasteiger charge is 2.12. The molecule has 0 bridgehead atoms. The number of hydrogen-bond donors (Lipinski definition) is 0. The maximum atomic E-state index is 11.6. The van der Waals surface area contributed by atoms with Crippen LogP contribution in [0.1, 0.15) is 33.1 Å². The van der Waals surface area contributed by atoms with E-state index in [4.69, 9.17) is 0 Å². The van der Waals surface area contributed by atoms with Gasteiger partial charge in [-0.2, -0.15) is 0 Å². The number of amides is 1. The molecule has 2 heteroatoms. The van der Waals surface area contributed by atoms with Gasteiger partial charge >= 0.3 is 0 Å². The SMILES string of the molecule is CC(C)=CCCC(=O)N1CC=CCC1. The van der Waals surface area contributed by atoms with Crippen molar-refractivity contribution in [2.24, 2.45) is 0 Å². The van der Waals surface area contributed by atoms with Crippen LogP contribution in [0.15, 0.2) is 23.8 Å². The van der Waals surface area contributed by atoms with Crippen LogP contribution in [0.3, 0.4) is 0 Å². The standard InChI is InChI=1S/C12H19NO/c1-11(2)7-6-8-12(14)13-9-4-3-5-10-13/h3-4,7H,5-6,8-10H2,1-2H3. The molecule has 0 spiro atoms. The van der Waals surface area contributed by atoms with Gasteiger partial charge in [0.25, 0.3) is 0 Å². The van der Waals surface area contributed by atoms with E-state index in [1.165, 1.54) is 5.57 Å². The van der Waals surface area contributed by atoms with Gasteiger partial charge in [0.05, 0.1) is 0 Å². The van der Waals surface area contributed by atoms with Crippen LogP contribution in [0.5, 0.6) is 0 Å². The lowest BCUT2D eigenvalue weighted by molar-refractivity contribution is -0.130. The molecule has 0 aliphatic carbocycles. The molecule has 1 rings (SSSR count). The monoisotopic (exact) mass is 193 g/mol. The summed E-state index contributed by atoms with van der Waals surface area (Å²) in [6.45, 7) is 5.82. The van der Waals surface area contributed by atoms with E-state index < -0.39 is 0 Å². The summed E-state index contributed by atoms with van der Waals surface area (Å²) >= 11 is 0. The van der Waals surface area contributed by atoms with Crippen molar-refractivity contribution in [3.05, 3.63) is 23.8 Å². The summed E-state index contributed by atoms with van der Waals surface area (Å²) in [6.07, 6.45) is 8.87. The van der Waals surface area contributed by atoms with Gasteiger partial charge in [-0.05, 0) is 26.7 Å². The molecule has 0 saturated heterocycles. The minimum Gasteiger partial charge on any atom is -0.339 e. The van der Waals surface area contributed by atoms with Crippen LogP contribution >= 0.6 is 0 Å². The lowest BCUT2D eigenvalue weighted by Gasteiger charge is -2.23. The molecule has 1 heterocycles. The number of nitrogens with zero attached hydrogens (tertiary/aromatic N) is 1. The molecule has 0 radical (unpaired) electrons.